The van der Waals surface area contributed by atoms with Crippen molar-refractivity contribution in [3.8, 4) is 6.07 Å². The van der Waals surface area contributed by atoms with Crippen molar-refractivity contribution in [1.29, 1.82) is 5.26 Å². The van der Waals surface area contributed by atoms with Gasteiger partial charge >= 0.3 is 0 Å². The lowest BCUT2D eigenvalue weighted by Gasteiger charge is -2.18. The summed E-state index contributed by atoms with van der Waals surface area (Å²) >= 11 is 0. The SMILES string of the molecule is C/C=C(/C)CC(C)(C#N)CC. The summed E-state index contributed by atoms with van der Waals surface area (Å²) in [6, 6.07) is 2.35. The zero-order valence-corrected chi connectivity index (χ0v) is 7.94. The Labute approximate surface area is 69.7 Å². The number of hydrogen-bond acceptors (Lipinski definition) is 1. The third kappa shape index (κ3) is 3.23. The van der Waals surface area contributed by atoms with Crippen molar-refractivity contribution in [1.82, 2.24) is 0 Å². The number of allylic oxidation sites excluding steroid dienone is 2. The normalized spacial score (nSPS) is 17.2. The van der Waals surface area contributed by atoms with Crippen LogP contribution in [-0.4, -0.2) is 0 Å². The molecule has 0 bridgehead atoms. The van der Waals surface area contributed by atoms with Gasteiger partial charge in [0.25, 0.3) is 0 Å². The molecule has 1 unspecified atom stereocenters. The molecule has 1 atom stereocenters. The highest BCUT2D eigenvalue weighted by Gasteiger charge is 2.20. The van der Waals surface area contributed by atoms with Crippen molar-refractivity contribution in [2.45, 2.75) is 40.5 Å². The Hall–Kier alpha value is -0.770. The molecule has 0 aromatic carbocycles. The minimum atomic E-state index is -0.156. The summed E-state index contributed by atoms with van der Waals surface area (Å²) in [5.41, 5.74) is 1.15. The molecule has 0 saturated heterocycles. The Kier molecular flexibility index (Phi) is 3.89. The van der Waals surface area contributed by atoms with E-state index in [1.165, 1.54) is 5.57 Å². The second-order valence-corrected chi connectivity index (χ2v) is 3.34. The molecule has 0 aliphatic rings. The van der Waals surface area contributed by atoms with Gasteiger partial charge in [0.05, 0.1) is 11.5 Å². The van der Waals surface area contributed by atoms with E-state index < -0.39 is 0 Å². The van der Waals surface area contributed by atoms with Crippen molar-refractivity contribution in [2.75, 3.05) is 0 Å². The van der Waals surface area contributed by atoms with Gasteiger partial charge in [0.15, 0.2) is 0 Å². The molecule has 0 amide bonds. The van der Waals surface area contributed by atoms with Crippen LogP contribution in [0.4, 0.5) is 0 Å². The molecule has 1 heteroatoms. The fourth-order valence-electron chi connectivity index (χ4n) is 0.961. The Morgan fingerprint density at radius 2 is 2.18 bits per heavy atom. The van der Waals surface area contributed by atoms with Gasteiger partial charge in [-0.3, -0.25) is 0 Å². The third-order valence-corrected chi connectivity index (χ3v) is 2.21. The molecule has 0 spiro atoms. The summed E-state index contributed by atoms with van der Waals surface area (Å²) in [5.74, 6) is 0. The Morgan fingerprint density at radius 3 is 2.45 bits per heavy atom. The molecule has 0 rings (SSSR count). The van der Waals surface area contributed by atoms with Gasteiger partial charge < -0.3 is 0 Å². The Balaban J connectivity index is 4.23. The molecule has 0 aliphatic carbocycles. The minimum absolute atomic E-state index is 0.156. The maximum atomic E-state index is 8.85. The van der Waals surface area contributed by atoms with Crippen LogP contribution in [0.2, 0.25) is 0 Å². The molecular formula is C10H17N. The molecule has 0 saturated carbocycles. The molecule has 11 heavy (non-hydrogen) atoms. The summed E-state index contributed by atoms with van der Waals surface area (Å²) in [4.78, 5) is 0. The molecule has 0 heterocycles. The van der Waals surface area contributed by atoms with Crippen LogP contribution >= 0.6 is 0 Å². The first-order chi connectivity index (χ1) is 5.08. The molecule has 0 aromatic rings. The first kappa shape index (κ1) is 10.2. The largest absolute Gasteiger partial charge is 0.198 e. The topological polar surface area (TPSA) is 23.8 Å². The van der Waals surface area contributed by atoms with E-state index >= 15 is 0 Å². The second-order valence-electron chi connectivity index (χ2n) is 3.34. The van der Waals surface area contributed by atoms with Gasteiger partial charge in [0.2, 0.25) is 0 Å². The van der Waals surface area contributed by atoms with Gasteiger partial charge in [0, 0.05) is 0 Å². The fraction of sp³-hybridized carbons (Fsp3) is 0.700. The van der Waals surface area contributed by atoms with Gasteiger partial charge in [-0.05, 0) is 33.6 Å². The maximum absolute atomic E-state index is 8.85. The summed E-state index contributed by atoms with van der Waals surface area (Å²) in [7, 11) is 0. The fourth-order valence-corrected chi connectivity index (χ4v) is 0.961. The van der Waals surface area contributed by atoms with E-state index in [0.717, 1.165) is 12.8 Å². The highest BCUT2D eigenvalue weighted by molar-refractivity contribution is 5.07. The lowest BCUT2D eigenvalue weighted by molar-refractivity contribution is 0.421. The van der Waals surface area contributed by atoms with E-state index in [1.54, 1.807) is 0 Å². The van der Waals surface area contributed by atoms with Crippen LogP contribution in [0.3, 0.4) is 0 Å². The zero-order chi connectivity index (χ0) is 8.91. The van der Waals surface area contributed by atoms with E-state index in [-0.39, 0.29) is 5.41 Å². The van der Waals surface area contributed by atoms with E-state index in [2.05, 4.69) is 26.0 Å². The zero-order valence-electron chi connectivity index (χ0n) is 7.94. The van der Waals surface area contributed by atoms with Gasteiger partial charge in [-0.25, -0.2) is 0 Å². The summed E-state index contributed by atoms with van der Waals surface area (Å²) in [5, 5.41) is 8.85. The predicted octanol–water partition coefficient (Wildman–Crippen LogP) is 3.28. The van der Waals surface area contributed by atoms with Crippen molar-refractivity contribution in [3.63, 3.8) is 0 Å². The lowest BCUT2D eigenvalue weighted by atomic mass is 9.83. The standard InChI is InChI=1S/C10H17N/c1-5-9(3)7-10(4,6-2)8-11/h5H,6-7H2,1-4H3/b9-5-. The van der Waals surface area contributed by atoms with Gasteiger partial charge in [-0.1, -0.05) is 18.6 Å². The maximum Gasteiger partial charge on any atom is 0.0690 e. The summed E-state index contributed by atoms with van der Waals surface area (Å²) < 4.78 is 0. The lowest BCUT2D eigenvalue weighted by Crippen LogP contribution is -2.12. The van der Waals surface area contributed by atoms with Crippen LogP contribution in [0, 0.1) is 16.7 Å². The van der Waals surface area contributed by atoms with Crippen molar-refractivity contribution >= 4 is 0 Å². The average molecular weight is 151 g/mol. The van der Waals surface area contributed by atoms with Gasteiger partial charge in [-0.15, -0.1) is 0 Å². The predicted molar refractivity (Wildman–Crippen MR) is 48.1 cm³/mol. The smallest absolute Gasteiger partial charge is 0.0690 e. The van der Waals surface area contributed by atoms with Crippen LogP contribution in [-0.2, 0) is 0 Å². The average Bonchev–Trinajstić information content (AvgIpc) is 2.04. The van der Waals surface area contributed by atoms with Gasteiger partial charge in [0.1, 0.15) is 0 Å². The molecule has 62 valence electrons. The summed E-state index contributed by atoms with van der Waals surface area (Å²) in [6.45, 7) is 8.17. The Bertz CT molecular complexity index is 186. The first-order valence-electron chi connectivity index (χ1n) is 4.11. The van der Waals surface area contributed by atoms with Crippen LogP contribution in [0.15, 0.2) is 11.6 Å². The highest BCUT2D eigenvalue weighted by Crippen LogP contribution is 2.28. The quantitative estimate of drug-likeness (QED) is 0.568. The van der Waals surface area contributed by atoms with Crippen LogP contribution < -0.4 is 0 Å². The second kappa shape index (κ2) is 4.18. The third-order valence-electron chi connectivity index (χ3n) is 2.21. The Morgan fingerprint density at radius 1 is 1.64 bits per heavy atom. The minimum Gasteiger partial charge on any atom is -0.198 e. The highest BCUT2D eigenvalue weighted by atomic mass is 14.3. The van der Waals surface area contributed by atoms with Crippen LogP contribution in [0.1, 0.15) is 40.5 Å². The molecule has 0 N–H and O–H groups in total. The van der Waals surface area contributed by atoms with E-state index in [4.69, 9.17) is 5.26 Å². The van der Waals surface area contributed by atoms with Crippen molar-refractivity contribution in [2.24, 2.45) is 5.41 Å². The molecule has 0 aromatic heterocycles. The molecular weight excluding hydrogens is 134 g/mol. The van der Waals surface area contributed by atoms with E-state index in [0.29, 0.717) is 0 Å². The molecule has 0 radical (unpaired) electrons. The molecule has 0 aliphatic heterocycles. The van der Waals surface area contributed by atoms with E-state index in [9.17, 15) is 0 Å². The molecule has 0 fully saturated rings. The van der Waals surface area contributed by atoms with Gasteiger partial charge in [-0.2, -0.15) is 5.26 Å². The number of rotatable bonds is 3. The van der Waals surface area contributed by atoms with Crippen LogP contribution in [0.5, 0.6) is 0 Å². The van der Waals surface area contributed by atoms with Crippen molar-refractivity contribution in [3.05, 3.63) is 11.6 Å². The molecule has 1 nitrogen and oxygen atoms in total. The van der Waals surface area contributed by atoms with Crippen molar-refractivity contribution < 1.29 is 0 Å². The number of hydrogen-bond donors (Lipinski definition) is 0. The van der Waals surface area contributed by atoms with E-state index in [1.807, 2.05) is 13.8 Å². The summed E-state index contributed by atoms with van der Waals surface area (Å²) in [6.07, 6.45) is 3.90. The monoisotopic (exact) mass is 151 g/mol. The number of nitriles is 1. The first-order valence-corrected chi connectivity index (χ1v) is 4.11. The van der Waals surface area contributed by atoms with Crippen LogP contribution in [0.25, 0.3) is 0 Å². The number of nitrogens with zero attached hydrogens (tertiary/aromatic N) is 1.